The van der Waals surface area contributed by atoms with Gasteiger partial charge in [-0.2, -0.15) is 0 Å². The second-order valence-corrected chi connectivity index (χ2v) is 6.03. The molecule has 1 aliphatic rings. The lowest BCUT2D eigenvalue weighted by atomic mass is 10.0. The van der Waals surface area contributed by atoms with Crippen molar-refractivity contribution in [1.82, 2.24) is 0 Å². The Morgan fingerprint density at radius 1 is 1.42 bits per heavy atom. The zero-order valence-corrected chi connectivity index (χ0v) is 11.4. The average molecular weight is 268 g/mol. The van der Waals surface area contributed by atoms with Crippen LogP contribution in [0.3, 0.4) is 0 Å². The molecule has 1 aliphatic carbocycles. The Balaban J connectivity index is 2.00. The second kappa shape index (κ2) is 4.58. The first-order chi connectivity index (χ1) is 8.72. The molecule has 1 fully saturated rings. The van der Waals surface area contributed by atoms with Gasteiger partial charge in [-0.3, -0.25) is 4.79 Å². The van der Waals surface area contributed by atoms with Crippen LogP contribution in [0, 0.1) is 11.7 Å². The predicted molar refractivity (Wildman–Crippen MR) is 67.8 cm³/mol. The van der Waals surface area contributed by atoms with E-state index in [2.05, 4.69) is 0 Å². The Hall–Kier alpha value is -1.45. The molecule has 0 N–H and O–H groups in total. The minimum absolute atomic E-state index is 0.0118. The van der Waals surface area contributed by atoms with Crippen LogP contribution in [0.15, 0.2) is 24.3 Å². The van der Waals surface area contributed by atoms with E-state index in [4.69, 9.17) is 4.74 Å². The number of alkyl halides is 1. The standard InChI is InChI=1S/C15H18F2O2/c1-14(2,3)19-13(18)8-10-9-15(10,17)11-6-4-5-7-12(11)16/h4-7,10H,8-9H2,1-3H3. The summed E-state index contributed by atoms with van der Waals surface area (Å²) < 4.78 is 33.2. The van der Waals surface area contributed by atoms with Gasteiger partial charge in [0.15, 0.2) is 0 Å². The van der Waals surface area contributed by atoms with Gasteiger partial charge in [-0.1, -0.05) is 18.2 Å². The molecule has 0 saturated heterocycles. The van der Waals surface area contributed by atoms with E-state index in [0.717, 1.165) is 0 Å². The summed E-state index contributed by atoms with van der Waals surface area (Å²) in [5.74, 6) is -1.48. The van der Waals surface area contributed by atoms with Crippen molar-refractivity contribution in [3.8, 4) is 0 Å². The van der Waals surface area contributed by atoms with Crippen LogP contribution >= 0.6 is 0 Å². The van der Waals surface area contributed by atoms with Crippen molar-refractivity contribution in [1.29, 1.82) is 0 Å². The maximum Gasteiger partial charge on any atom is 0.306 e. The zero-order valence-electron chi connectivity index (χ0n) is 11.4. The van der Waals surface area contributed by atoms with E-state index in [-0.39, 0.29) is 18.4 Å². The molecule has 0 bridgehead atoms. The van der Waals surface area contributed by atoms with Crippen LogP contribution < -0.4 is 0 Å². The van der Waals surface area contributed by atoms with Gasteiger partial charge in [0, 0.05) is 11.5 Å². The largest absolute Gasteiger partial charge is 0.460 e. The lowest BCUT2D eigenvalue weighted by Crippen LogP contribution is -2.24. The molecule has 0 spiro atoms. The summed E-state index contributed by atoms with van der Waals surface area (Å²) in [7, 11) is 0. The van der Waals surface area contributed by atoms with E-state index in [1.165, 1.54) is 18.2 Å². The summed E-state index contributed by atoms with van der Waals surface area (Å²) in [6.07, 6.45) is 0.162. The third-order valence-corrected chi connectivity index (χ3v) is 3.19. The Morgan fingerprint density at radius 2 is 2.05 bits per heavy atom. The van der Waals surface area contributed by atoms with Crippen LogP contribution in [0.2, 0.25) is 0 Å². The number of esters is 1. The molecule has 1 aromatic carbocycles. The van der Waals surface area contributed by atoms with Crippen LogP contribution in [-0.4, -0.2) is 11.6 Å². The van der Waals surface area contributed by atoms with Crippen molar-refractivity contribution in [3.05, 3.63) is 35.6 Å². The molecule has 2 atom stereocenters. The van der Waals surface area contributed by atoms with Crippen LogP contribution in [0.4, 0.5) is 8.78 Å². The van der Waals surface area contributed by atoms with Crippen molar-refractivity contribution in [3.63, 3.8) is 0 Å². The van der Waals surface area contributed by atoms with E-state index in [9.17, 15) is 13.6 Å². The van der Waals surface area contributed by atoms with Crippen molar-refractivity contribution >= 4 is 5.97 Å². The van der Waals surface area contributed by atoms with Crippen molar-refractivity contribution in [2.45, 2.75) is 44.9 Å². The van der Waals surface area contributed by atoms with Gasteiger partial charge in [0.05, 0.1) is 6.42 Å². The maximum absolute atomic E-state index is 14.5. The smallest absolute Gasteiger partial charge is 0.306 e. The third-order valence-electron chi connectivity index (χ3n) is 3.19. The molecule has 1 aromatic rings. The summed E-state index contributed by atoms with van der Waals surface area (Å²) in [4.78, 5) is 11.6. The quantitative estimate of drug-likeness (QED) is 0.780. The summed E-state index contributed by atoms with van der Waals surface area (Å²) in [6.45, 7) is 5.28. The van der Waals surface area contributed by atoms with E-state index < -0.39 is 29.0 Å². The molecule has 0 aromatic heterocycles. The molecule has 2 rings (SSSR count). The highest BCUT2D eigenvalue weighted by Gasteiger charge is 2.58. The third kappa shape index (κ3) is 3.11. The number of hydrogen-bond donors (Lipinski definition) is 0. The molecule has 2 unspecified atom stereocenters. The highest BCUT2D eigenvalue weighted by Crippen LogP contribution is 2.58. The summed E-state index contributed by atoms with van der Waals surface area (Å²) >= 11 is 0. The van der Waals surface area contributed by atoms with Crippen LogP contribution in [-0.2, 0) is 15.2 Å². The topological polar surface area (TPSA) is 26.3 Å². The molecule has 0 radical (unpaired) electrons. The molecule has 4 heteroatoms. The molecule has 0 heterocycles. The fraction of sp³-hybridized carbons (Fsp3) is 0.533. The van der Waals surface area contributed by atoms with Crippen molar-refractivity contribution in [2.75, 3.05) is 0 Å². The lowest BCUT2D eigenvalue weighted by Gasteiger charge is -2.19. The van der Waals surface area contributed by atoms with Gasteiger partial charge >= 0.3 is 5.97 Å². The van der Waals surface area contributed by atoms with Gasteiger partial charge in [-0.25, -0.2) is 8.78 Å². The summed E-state index contributed by atoms with van der Waals surface area (Å²) in [5, 5.41) is 0. The number of ether oxygens (including phenoxy) is 1. The Labute approximate surface area is 111 Å². The molecular formula is C15H18F2O2. The zero-order chi connectivity index (χ0) is 14.3. The van der Waals surface area contributed by atoms with Gasteiger partial charge in [0.1, 0.15) is 17.1 Å². The predicted octanol–water partition coefficient (Wildman–Crippen LogP) is 3.74. The molecule has 2 nitrogen and oxygen atoms in total. The number of hydrogen-bond acceptors (Lipinski definition) is 2. The van der Waals surface area contributed by atoms with Gasteiger partial charge in [0.2, 0.25) is 0 Å². The molecule has 0 amide bonds. The van der Waals surface area contributed by atoms with E-state index in [0.29, 0.717) is 0 Å². The molecular weight excluding hydrogens is 250 g/mol. The minimum Gasteiger partial charge on any atom is -0.460 e. The van der Waals surface area contributed by atoms with Gasteiger partial charge in [-0.15, -0.1) is 0 Å². The van der Waals surface area contributed by atoms with Gasteiger partial charge in [-0.05, 0) is 33.3 Å². The van der Waals surface area contributed by atoms with Gasteiger partial charge in [0.25, 0.3) is 0 Å². The number of halogens is 2. The monoisotopic (exact) mass is 268 g/mol. The Morgan fingerprint density at radius 3 is 2.63 bits per heavy atom. The number of carbonyl (C=O) groups is 1. The van der Waals surface area contributed by atoms with Crippen molar-refractivity contribution < 1.29 is 18.3 Å². The number of benzene rings is 1. The van der Waals surface area contributed by atoms with E-state index >= 15 is 0 Å². The normalized spacial score (nSPS) is 26.1. The first-order valence-electron chi connectivity index (χ1n) is 6.38. The number of rotatable bonds is 3. The highest BCUT2D eigenvalue weighted by molar-refractivity contribution is 5.71. The Kier molecular flexibility index (Phi) is 3.37. The molecule has 19 heavy (non-hydrogen) atoms. The first kappa shape index (κ1) is 14.0. The number of carbonyl (C=O) groups excluding carboxylic acids is 1. The molecule has 104 valence electrons. The van der Waals surface area contributed by atoms with Crippen LogP contribution in [0.25, 0.3) is 0 Å². The first-order valence-corrected chi connectivity index (χ1v) is 6.38. The summed E-state index contributed by atoms with van der Waals surface area (Å²) in [5.41, 5.74) is -2.26. The summed E-state index contributed by atoms with van der Waals surface area (Å²) in [6, 6.07) is 5.79. The maximum atomic E-state index is 14.5. The van der Waals surface area contributed by atoms with E-state index in [1.54, 1.807) is 26.8 Å². The van der Waals surface area contributed by atoms with Crippen molar-refractivity contribution in [2.24, 2.45) is 5.92 Å². The van der Waals surface area contributed by atoms with E-state index in [1.807, 2.05) is 0 Å². The fourth-order valence-electron chi connectivity index (χ4n) is 2.25. The minimum atomic E-state index is -1.72. The second-order valence-electron chi connectivity index (χ2n) is 6.03. The average Bonchev–Trinajstić information content (AvgIpc) is 2.87. The molecule has 0 aliphatic heterocycles. The molecule has 1 saturated carbocycles. The highest BCUT2D eigenvalue weighted by atomic mass is 19.2. The van der Waals surface area contributed by atoms with Crippen LogP contribution in [0.5, 0.6) is 0 Å². The van der Waals surface area contributed by atoms with Crippen LogP contribution in [0.1, 0.15) is 39.2 Å². The fourth-order valence-corrected chi connectivity index (χ4v) is 2.25. The van der Waals surface area contributed by atoms with Gasteiger partial charge < -0.3 is 4.74 Å². The Bertz CT molecular complexity index is 493. The SMILES string of the molecule is CC(C)(C)OC(=O)CC1CC1(F)c1ccccc1F. The lowest BCUT2D eigenvalue weighted by molar-refractivity contribution is -0.155.